The number of imide groups is 1. The maximum atomic E-state index is 12.6. The summed E-state index contributed by atoms with van der Waals surface area (Å²) in [6, 6.07) is 14.8. The Balaban J connectivity index is 1.62. The van der Waals surface area contributed by atoms with Crippen molar-refractivity contribution >= 4 is 29.1 Å². The van der Waals surface area contributed by atoms with Crippen LogP contribution in [0.5, 0.6) is 0 Å². The summed E-state index contributed by atoms with van der Waals surface area (Å²) in [5.41, 5.74) is 2.81. The van der Waals surface area contributed by atoms with Crippen molar-refractivity contribution in [3.8, 4) is 0 Å². The van der Waals surface area contributed by atoms with Crippen LogP contribution in [0, 0.1) is 6.92 Å². The molecule has 4 nitrogen and oxygen atoms in total. The minimum absolute atomic E-state index is 0.136. The van der Waals surface area contributed by atoms with Gasteiger partial charge in [0.2, 0.25) is 5.91 Å². The number of benzene rings is 2. The predicted octanol–water partition coefficient (Wildman–Crippen LogP) is 2.09. The molecule has 24 heavy (non-hydrogen) atoms. The van der Waals surface area contributed by atoms with Crippen LogP contribution < -0.4 is 10.2 Å². The van der Waals surface area contributed by atoms with Gasteiger partial charge in [-0.2, -0.15) is 0 Å². The summed E-state index contributed by atoms with van der Waals surface area (Å²) >= 11 is 6.14. The lowest BCUT2D eigenvalue weighted by Crippen LogP contribution is -2.92. The van der Waals surface area contributed by atoms with Crippen LogP contribution in [0.3, 0.4) is 0 Å². The number of rotatable bonds is 5. The summed E-state index contributed by atoms with van der Waals surface area (Å²) in [4.78, 5) is 26.1. The van der Waals surface area contributed by atoms with Crippen LogP contribution in [-0.4, -0.2) is 24.4 Å². The van der Waals surface area contributed by atoms with Gasteiger partial charge in [0, 0.05) is 11.4 Å². The van der Waals surface area contributed by atoms with Crippen LogP contribution in [0.4, 0.5) is 5.69 Å². The first-order valence-corrected chi connectivity index (χ1v) is 8.44. The van der Waals surface area contributed by atoms with Gasteiger partial charge < -0.3 is 5.32 Å². The van der Waals surface area contributed by atoms with Gasteiger partial charge in [-0.25, -0.2) is 4.90 Å². The van der Waals surface area contributed by atoms with Crippen LogP contribution in [0.15, 0.2) is 48.5 Å². The Hall–Kier alpha value is -2.17. The van der Waals surface area contributed by atoms with Crippen molar-refractivity contribution in [2.45, 2.75) is 25.8 Å². The largest absolute Gasteiger partial charge is 0.335 e. The van der Waals surface area contributed by atoms with Crippen LogP contribution in [0.2, 0.25) is 5.02 Å². The molecule has 1 fully saturated rings. The number of anilines is 1. The summed E-state index contributed by atoms with van der Waals surface area (Å²) in [7, 11) is 0. The molecule has 1 unspecified atom stereocenters. The summed E-state index contributed by atoms with van der Waals surface area (Å²) in [5.74, 6) is -0.272. The van der Waals surface area contributed by atoms with Gasteiger partial charge in [-0.15, -0.1) is 0 Å². The lowest BCUT2D eigenvalue weighted by molar-refractivity contribution is -0.674. The molecule has 1 heterocycles. The molecule has 0 aliphatic carbocycles. The molecule has 0 bridgehead atoms. The van der Waals surface area contributed by atoms with E-state index in [0.29, 0.717) is 5.69 Å². The Morgan fingerprint density at radius 2 is 1.83 bits per heavy atom. The van der Waals surface area contributed by atoms with E-state index in [1.807, 2.05) is 60.8 Å². The highest BCUT2D eigenvalue weighted by Crippen LogP contribution is 2.22. The standard InChI is InChI=1S/C19H19ClN2O2/c1-13-6-8-15(9-7-13)22-18(23)12-17(19(22)24)21-11-10-14-4-2-3-5-16(14)20/h2-9,17,21H,10-12H2,1H3/p+1. The molecule has 0 saturated carbocycles. The number of nitrogens with two attached hydrogens (primary N) is 1. The summed E-state index contributed by atoms with van der Waals surface area (Å²) in [6.45, 7) is 2.69. The van der Waals surface area contributed by atoms with Crippen LogP contribution in [-0.2, 0) is 16.0 Å². The Labute approximate surface area is 146 Å². The van der Waals surface area contributed by atoms with Gasteiger partial charge in [-0.3, -0.25) is 9.59 Å². The Morgan fingerprint density at radius 1 is 1.12 bits per heavy atom. The van der Waals surface area contributed by atoms with Crippen molar-refractivity contribution in [2.24, 2.45) is 0 Å². The first kappa shape index (κ1) is 16.7. The van der Waals surface area contributed by atoms with Gasteiger partial charge in [-0.1, -0.05) is 47.5 Å². The van der Waals surface area contributed by atoms with E-state index in [-0.39, 0.29) is 24.3 Å². The second-order valence-electron chi connectivity index (χ2n) is 6.08. The number of nitrogens with zero attached hydrogens (tertiary/aromatic N) is 1. The molecule has 1 atom stereocenters. The third-order valence-electron chi connectivity index (χ3n) is 4.30. The number of hydrogen-bond donors (Lipinski definition) is 1. The number of aryl methyl sites for hydroxylation is 1. The van der Waals surface area contributed by atoms with Crippen LogP contribution in [0.25, 0.3) is 0 Å². The number of carbonyl (C=O) groups excluding carboxylic acids is 2. The summed E-state index contributed by atoms with van der Waals surface area (Å²) in [5, 5.41) is 2.68. The number of hydrogen-bond acceptors (Lipinski definition) is 2. The lowest BCUT2D eigenvalue weighted by atomic mass is 10.1. The first-order chi connectivity index (χ1) is 11.6. The van der Waals surface area contributed by atoms with Crippen molar-refractivity contribution in [1.29, 1.82) is 0 Å². The van der Waals surface area contributed by atoms with E-state index in [2.05, 4.69) is 0 Å². The molecule has 5 heteroatoms. The smallest absolute Gasteiger partial charge is 0.292 e. The number of halogens is 1. The van der Waals surface area contributed by atoms with Gasteiger partial charge in [0.1, 0.15) is 0 Å². The first-order valence-electron chi connectivity index (χ1n) is 8.06. The predicted molar refractivity (Wildman–Crippen MR) is 94.0 cm³/mol. The fourth-order valence-electron chi connectivity index (χ4n) is 2.95. The SMILES string of the molecule is Cc1ccc(N2C(=O)CC([NH2+]CCc3ccccc3Cl)C2=O)cc1. The zero-order valence-electron chi connectivity index (χ0n) is 13.5. The molecule has 0 aromatic heterocycles. The molecule has 3 rings (SSSR count). The lowest BCUT2D eigenvalue weighted by Gasteiger charge is -2.14. The highest BCUT2D eigenvalue weighted by molar-refractivity contribution is 6.31. The van der Waals surface area contributed by atoms with Crippen molar-refractivity contribution in [3.63, 3.8) is 0 Å². The highest BCUT2D eigenvalue weighted by Gasteiger charge is 2.41. The normalized spacial score (nSPS) is 17.6. The Morgan fingerprint density at radius 3 is 2.54 bits per heavy atom. The van der Waals surface area contributed by atoms with Crippen molar-refractivity contribution < 1.29 is 14.9 Å². The third-order valence-corrected chi connectivity index (χ3v) is 4.67. The summed E-state index contributed by atoms with van der Waals surface area (Å²) in [6.07, 6.45) is 1.01. The van der Waals surface area contributed by atoms with Crippen LogP contribution >= 0.6 is 11.6 Å². The number of quaternary nitrogens is 1. The topological polar surface area (TPSA) is 54.0 Å². The van der Waals surface area contributed by atoms with E-state index in [1.54, 1.807) is 0 Å². The minimum atomic E-state index is -0.346. The molecule has 0 radical (unpaired) electrons. The maximum absolute atomic E-state index is 12.6. The van der Waals surface area contributed by atoms with Crippen molar-refractivity contribution in [1.82, 2.24) is 0 Å². The monoisotopic (exact) mass is 343 g/mol. The number of amides is 2. The second-order valence-corrected chi connectivity index (χ2v) is 6.49. The van der Waals surface area contributed by atoms with E-state index >= 15 is 0 Å². The summed E-state index contributed by atoms with van der Waals surface area (Å²) < 4.78 is 0. The fraction of sp³-hybridized carbons (Fsp3) is 0.263. The Bertz CT molecular complexity index is 758. The van der Waals surface area contributed by atoms with Gasteiger partial charge in [0.05, 0.1) is 18.7 Å². The quantitative estimate of drug-likeness (QED) is 0.845. The Kier molecular flexibility index (Phi) is 4.97. The third kappa shape index (κ3) is 3.50. The average molecular weight is 344 g/mol. The molecule has 2 N–H and O–H groups in total. The highest BCUT2D eigenvalue weighted by atomic mass is 35.5. The minimum Gasteiger partial charge on any atom is -0.335 e. The second kappa shape index (κ2) is 7.16. The molecule has 1 saturated heterocycles. The number of carbonyl (C=O) groups is 2. The van der Waals surface area contributed by atoms with Crippen molar-refractivity contribution in [2.75, 3.05) is 11.4 Å². The molecule has 0 spiro atoms. The van der Waals surface area contributed by atoms with Gasteiger partial charge >= 0.3 is 0 Å². The van der Waals surface area contributed by atoms with E-state index in [4.69, 9.17) is 11.6 Å². The maximum Gasteiger partial charge on any atom is 0.292 e. The zero-order valence-corrected chi connectivity index (χ0v) is 14.3. The van der Waals surface area contributed by atoms with E-state index in [1.165, 1.54) is 4.90 Å². The average Bonchev–Trinajstić information content (AvgIpc) is 2.84. The molecule has 1 aliphatic heterocycles. The molecule has 2 aromatic rings. The van der Waals surface area contributed by atoms with Crippen LogP contribution in [0.1, 0.15) is 17.5 Å². The van der Waals surface area contributed by atoms with Gasteiger partial charge in [0.25, 0.3) is 5.91 Å². The van der Waals surface area contributed by atoms with Crippen molar-refractivity contribution in [3.05, 3.63) is 64.7 Å². The van der Waals surface area contributed by atoms with Gasteiger partial charge in [-0.05, 0) is 30.7 Å². The zero-order chi connectivity index (χ0) is 17.1. The van der Waals surface area contributed by atoms with E-state index < -0.39 is 0 Å². The molecule has 124 valence electrons. The molecular formula is C19H20ClN2O2+. The molecule has 1 aliphatic rings. The van der Waals surface area contributed by atoms with Gasteiger partial charge in [0.15, 0.2) is 6.04 Å². The van der Waals surface area contributed by atoms with E-state index in [9.17, 15) is 9.59 Å². The molecular weight excluding hydrogens is 324 g/mol. The molecule has 2 amide bonds. The molecule has 2 aromatic carbocycles. The van der Waals surface area contributed by atoms with E-state index in [0.717, 1.165) is 29.1 Å². The fourth-order valence-corrected chi connectivity index (χ4v) is 3.18.